The molecule has 1 amide bonds. The first-order valence-electron chi connectivity index (χ1n) is 5.24. The summed E-state index contributed by atoms with van der Waals surface area (Å²) in [7, 11) is 0. The number of halogens is 1. The number of hydrogen-bond donors (Lipinski definition) is 3. The summed E-state index contributed by atoms with van der Waals surface area (Å²) in [5.74, 6) is -0.621. The highest BCUT2D eigenvalue weighted by Crippen LogP contribution is 2.16. The largest absolute Gasteiger partial charge is 0.325 e. The second-order valence-corrected chi connectivity index (χ2v) is 4.52. The Bertz CT molecular complexity index is 750. The van der Waals surface area contributed by atoms with E-state index < -0.39 is 17.2 Å². The zero-order chi connectivity index (χ0) is 14.0. The highest BCUT2D eigenvalue weighted by Gasteiger charge is 2.12. The molecule has 2 aromatic heterocycles. The molecule has 98 valence electrons. The Morgan fingerprint density at radius 1 is 1.37 bits per heavy atom. The normalized spacial score (nSPS) is 10.2. The van der Waals surface area contributed by atoms with Gasteiger partial charge in [-0.3, -0.25) is 14.6 Å². The highest BCUT2D eigenvalue weighted by molar-refractivity contribution is 9.10. The van der Waals surface area contributed by atoms with Crippen LogP contribution in [0.25, 0.3) is 0 Å². The number of aryl methyl sites for hydroxylation is 1. The maximum atomic E-state index is 11.9. The van der Waals surface area contributed by atoms with E-state index in [2.05, 4.69) is 31.2 Å². The van der Waals surface area contributed by atoms with E-state index in [0.29, 0.717) is 16.0 Å². The third kappa shape index (κ3) is 2.97. The number of rotatable bonds is 2. The van der Waals surface area contributed by atoms with Crippen molar-refractivity contribution in [3.8, 4) is 0 Å². The van der Waals surface area contributed by atoms with Crippen LogP contribution in [0.1, 0.15) is 16.1 Å². The zero-order valence-electron chi connectivity index (χ0n) is 9.78. The number of carbonyl (C=O) groups excluding carboxylic acids is 1. The number of aromatic amines is 2. The van der Waals surface area contributed by atoms with Crippen LogP contribution in [0.15, 0.2) is 32.5 Å². The number of carbonyl (C=O) groups is 1. The first-order chi connectivity index (χ1) is 8.97. The maximum absolute atomic E-state index is 11.9. The second-order valence-electron chi connectivity index (χ2n) is 3.71. The van der Waals surface area contributed by atoms with Gasteiger partial charge in [-0.25, -0.2) is 9.78 Å². The van der Waals surface area contributed by atoms with Crippen molar-refractivity contribution >= 4 is 27.5 Å². The molecule has 19 heavy (non-hydrogen) atoms. The van der Waals surface area contributed by atoms with E-state index in [-0.39, 0.29) is 5.56 Å². The van der Waals surface area contributed by atoms with Crippen molar-refractivity contribution in [1.29, 1.82) is 0 Å². The van der Waals surface area contributed by atoms with Crippen LogP contribution < -0.4 is 16.6 Å². The summed E-state index contributed by atoms with van der Waals surface area (Å²) in [6, 6.07) is 3.32. The van der Waals surface area contributed by atoms with Crippen molar-refractivity contribution in [3.05, 3.63) is 55.0 Å². The van der Waals surface area contributed by atoms with E-state index in [1.54, 1.807) is 19.1 Å². The molecule has 3 N–H and O–H groups in total. The number of nitrogens with one attached hydrogen (secondary N) is 3. The Balaban J connectivity index is 2.31. The summed E-state index contributed by atoms with van der Waals surface area (Å²) < 4.78 is 0.643. The lowest BCUT2D eigenvalue weighted by atomic mass is 10.2. The fourth-order valence-electron chi connectivity index (χ4n) is 1.43. The number of anilines is 1. The van der Waals surface area contributed by atoms with Gasteiger partial charge in [0.1, 0.15) is 10.2 Å². The summed E-state index contributed by atoms with van der Waals surface area (Å²) >= 11 is 3.21. The van der Waals surface area contributed by atoms with Gasteiger partial charge >= 0.3 is 5.69 Å². The van der Waals surface area contributed by atoms with Crippen molar-refractivity contribution in [3.63, 3.8) is 0 Å². The van der Waals surface area contributed by atoms with Gasteiger partial charge in [-0.2, -0.15) is 0 Å². The average Bonchev–Trinajstić information content (AvgIpc) is 2.32. The molecule has 0 bridgehead atoms. The summed E-state index contributed by atoms with van der Waals surface area (Å²) in [5.41, 5.74) is -0.503. The summed E-state index contributed by atoms with van der Waals surface area (Å²) in [6.45, 7) is 1.72. The molecule has 2 rings (SSSR count). The number of hydrogen-bond acceptors (Lipinski definition) is 4. The molecule has 0 spiro atoms. The number of pyridine rings is 1. The molecule has 0 saturated heterocycles. The van der Waals surface area contributed by atoms with Crippen molar-refractivity contribution in [2.75, 3.05) is 5.32 Å². The lowest BCUT2D eigenvalue weighted by Crippen LogP contribution is -2.29. The highest BCUT2D eigenvalue weighted by atomic mass is 79.9. The fraction of sp³-hybridized carbons (Fsp3) is 0.0909. The number of aromatic nitrogens is 3. The molecule has 0 aliphatic heterocycles. The number of H-pyrrole nitrogens is 2. The monoisotopic (exact) mass is 324 g/mol. The molecule has 0 unspecified atom stereocenters. The standard InChI is InChI=1S/C11H9BrN4O3/c1-5-7(2-3-8(12)14-5)15-9(17)6-4-13-11(19)16-10(6)18/h2-4H,1H3,(H,15,17)(H2,13,16,18,19). The quantitative estimate of drug-likeness (QED) is 0.709. The van der Waals surface area contributed by atoms with Gasteiger partial charge in [0.25, 0.3) is 11.5 Å². The average molecular weight is 325 g/mol. The molecule has 2 heterocycles. The first-order valence-corrected chi connectivity index (χ1v) is 6.03. The lowest BCUT2D eigenvalue weighted by molar-refractivity contribution is 0.102. The van der Waals surface area contributed by atoms with Crippen LogP contribution in [0.3, 0.4) is 0 Å². The molecule has 0 aliphatic rings. The van der Waals surface area contributed by atoms with Crippen LogP contribution in [0.4, 0.5) is 5.69 Å². The predicted molar refractivity (Wildman–Crippen MR) is 72.3 cm³/mol. The van der Waals surface area contributed by atoms with Crippen LogP contribution in [0.5, 0.6) is 0 Å². The molecule has 2 aromatic rings. The zero-order valence-corrected chi connectivity index (χ0v) is 11.4. The maximum Gasteiger partial charge on any atom is 0.325 e. The van der Waals surface area contributed by atoms with Gasteiger partial charge in [0.2, 0.25) is 0 Å². The molecule has 0 saturated carbocycles. The van der Waals surface area contributed by atoms with Crippen LogP contribution in [-0.4, -0.2) is 20.9 Å². The third-order valence-electron chi connectivity index (χ3n) is 2.36. The molecule has 7 nitrogen and oxygen atoms in total. The van der Waals surface area contributed by atoms with Crippen LogP contribution in [-0.2, 0) is 0 Å². The van der Waals surface area contributed by atoms with E-state index in [9.17, 15) is 14.4 Å². The molecular weight excluding hydrogens is 316 g/mol. The van der Waals surface area contributed by atoms with Crippen molar-refractivity contribution in [2.24, 2.45) is 0 Å². The Kier molecular flexibility index (Phi) is 3.61. The Hall–Kier alpha value is -2.22. The molecule has 8 heteroatoms. The minimum atomic E-state index is -0.746. The lowest BCUT2D eigenvalue weighted by Gasteiger charge is -2.07. The van der Waals surface area contributed by atoms with Gasteiger partial charge in [-0.15, -0.1) is 0 Å². The predicted octanol–water partition coefficient (Wildman–Crippen LogP) is 0.781. The van der Waals surface area contributed by atoms with E-state index in [0.717, 1.165) is 6.20 Å². The molecule has 0 atom stereocenters. The van der Waals surface area contributed by atoms with Gasteiger partial charge < -0.3 is 10.3 Å². The van der Waals surface area contributed by atoms with Crippen LogP contribution in [0.2, 0.25) is 0 Å². The molecular formula is C11H9BrN4O3. The minimum Gasteiger partial charge on any atom is -0.320 e. The van der Waals surface area contributed by atoms with Gasteiger partial charge in [0.05, 0.1) is 11.4 Å². The second kappa shape index (κ2) is 5.19. The summed E-state index contributed by atoms with van der Waals surface area (Å²) in [4.78, 5) is 42.5. The summed E-state index contributed by atoms with van der Waals surface area (Å²) in [5, 5.41) is 2.55. The van der Waals surface area contributed by atoms with E-state index >= 15 is 0 Å². The molecule has 0 aromatic carbocycles. The van der Waals surface area contributed by atoms with Crippen molar-refractivity contribution in [1.82, 2.24) is 15.0 Å². The van der Waals surface area contributed by atoms with Gasteiger partial charge in [0.15, 0.2) is 0 Å². The van der Waals surface area contributed by atoms with Gasteiger partial charge in [0, 0.05) is 6.20 Å². The smallest absolute Gasteiger partial charge is 0.320 e. The minimum absolute atomic E-state index is 0.179. The number of nitrogens with zero attached hydrogens (tertiary/aromatic N) is 1. The Morgan fingerprint density at radius 3 is 2.74 bits per heavy atom. The van der Waals surface area contributed by atoms with Gasteiger partial charge in [-0.05, 0) is 35.0 Å². The topological polar surface area (TPSA) is 108 Å². The SMILES string of the molecule is Cc1nc(Br)ccc1NC(=O)c1c[nH]c(=O)[nH]c1=O. The third-order valence-corrected chi connectivity index (χ3v) is 2.81. The number of amides is 1. The Morgan fingerprint density at radius 2 is 2.11 bits per heavy atom. The van der Waals surface area contributed by atoms with E-state index in [4.69, 9.17) is 0 Å². The van der Waals surface area contributed by atoms with E-state index in [1.807, 2.05) is 4.98 Å². The summed E-state index contributed by atoms with van der Waals surface area (Å²) in [6.07, 6.45) is 1.07. The van der Waals surface area contributed by atoms with Gasteiger partial charge in [-0.1, -0.05) is 0 Å². The van der Waals surface area contributed by atoms with Crippen molar-refractivity contribution in [2.45, 2.75) is 6.92 Å². The van der Waals surface area contributed by atoms with Crippen LogP contribution >= 0.6 is 15.9 Å². The molecule has 0 fully saturated rings. The first kappa shape index (κ1) is 13.2. The van der Waals surface area contributed by atoms with Crippen molar-refractivity contribution < 1.29 is 4.79 Å². The molecule has 0 radical (unpaired) electrons. The molecule has 0 aliphatic carbocycles. The fourth-order valence-corrected chi connectivity index (χ4v) is 1.83. The van der Waals surface area contributed by atoms with E-state index in [1.165, 1.54) is 0 Å². The van der Waals surface area contributed by atoms with Crippen LogP contribution in [0, 0.1) is 6.92 Å². The Labute approximate surface area is 115 Å².